The molecule has 5 heteroatoms. The number of benzene rings is 1. The van der Waals surface area contributed by atoms with Gasteiger partial charge in [-0.15, -0.1) is 0 Å². The van der Waals surface area contributed by atoms with Gasteiger partial charge in [0.2, 0.25) is 5.43 Å². The van der Waals surface area contributed by atoms with Gasteiger partial charge >= 0.3 is 0 Å². The summed E-state index contributed by atoms with van der Waals surface area (Å²) >= 11 is 0. The Kier molecular flexibility index (Phi) is 2.20. The highest BCUT2D eigenvalue weighted by Crippen LogP contribution is 2.39. The summed E-state index contributed by atoms with van der Waals surface area (Å²) in [5.74, 6) is -2.11. The minimum atomic E-state index is -0.931. The average molecular weight is 251 g/mol. The molecule has 3 nitrogen and oxygen atoms in total. The van der Waals surface area contributed by atoms with Gasteiger partial charge in [-0.2, -0.15) is 0 Å². The molecule has 0 unspecified atom stereocenters. The molecule has 0 saturated heterocycles. The second-order valence-electron chi connectivity index (χ2n) is 4.65. The van der Waals surface area contributed by atoms with Crippen molar-refractivity contribution in [2.24, 2.45) is 0 Å². The van der Waals surface area contributed by atoms with Crippen molar-refractivity contribution in [2.45, 2.75) is 25.8 Å². The van der Waals surface area contributed by atoms with Crippen molar-refractivity contribution in [3.05, 3.63) is 39.7 Å². The Morgan fingerprint density at radius 2 is 2.00 bits per heavy atom. The van der Waals surface area contributed by atoms with Crippen LogP contribution in [-0.4, -0.2) is 9.67 Å². The van der Waals surface area contributed by atoms with Crippen LogP contribution >= 0.6 is 0 Å². The lowest BCUT2D eigenvalue weighted by Gasteiger charge is -2.15. The van der Waals surface area contributed by atoms with E-state index in [-0.39, 0.29) is 16.9 Å². The molecule has 1 aromatic heterocycles. The van der Waals surface area contributed by atoms with Gasteiger partial charge in [0.15, 0.2) is 5.75 Å². The van der Waals surface area contributed by atoms with Gasteiger partial charge in [-0.1, -0.05) is 0 Å². The van der Waals surface area contributed by atoms with Gasteiger partial charge in [-0.3, -0.25) is 4.79 Å². The number of nitrogens with zero attached hydrogens (tertiary/aromatic N) is 1. The second-order valence-corrected chi connectivity index (χ2v) is 4.65. The van der Waals surface area contributed by atoms with Gasteiger partial charge in [0.1, 0.15) is 11.6 Å². The van der Waals surface area contributed by atoms with Gasteiger partial charge in [0, 0.05) is 12.1 Å². The van der Waals surface area contributed by atoms with Gasteiger partial charge in [-0.05, 0) is 25.8 Å². The van der Waals surface area contributed by atoms with Crippen LogP contribution in [0.2, 0.25) is 0 Å². The number of fused-ring (bicyclic) bond motifs is 1. The predicted octanol–water partition coefficient (Wildman–Crippen LogP) is 2.63. The number of hydrogen-bond acceptors (Lipinski definition) is 2. The van der Waals surface area contributed by atoms with E-state index < -0.39 is 22.8 Å². The third-order valence-corrected chi connectivity index (χ3v) is 3.35. The lowest BCUT2D eigenvalue weighted by atomic mass is 10.1. The average Bonchev–Trinajstić information content (AvgIpc) is 3.09. The third kappa shape index (κ3) is 1.43. The highest BCUT2D eigenvalue weighted by Gasteiger charge is 2.29. The van der Waals surface area contributed by atoms with E-state index in [4.69, 9.17) is 0 Å². The molecule has 2 aromatic rings. The minimum absolute atomic E-state index is 0.111. The number of rotatable bonds is 1. The van der Waals surface area contributed by atoms with Crippen molar-refractivity contribution in [2.75, 3.05) is 0 Å². The summed E-state index contributed by atoms with van der Waals surface area (Å²) in [4.78, 5) is 11.9. The molecule has 94 valence electrons. The SMILES string of the molecule is Cc1c(O)c(=O)c2c(F)cc(F)cc2n1C1CC1. The Morgan fingerprint density at radius 3 is 2.61 bits per heavy atom. The zero-order chi connectivity index (χ0) is 13.0. The molecule has 1 aliphatic carbocycles. The van der Waals surface area contributed by atoms with E-state index in [0.717, 1.165) is 18.9 Å². The monoisotopic (exact) mass is 251 g/mol. The molecule has 0 atom stereocenters. The van der Waals surface area contributed by atoms with E-state index in [1.165, 1.54) is 0 Å². The highest BCUT2D eigenvalue weighted by molar-refractivity contribution is 5.82. The standard InChI is InChI=1S/C13H11F2NO2/c1-6-12(17)13(18)11-9(15)4-7(14)5-10(11)16(6)8-2-3-8/h4-5,8,17H,2-3H2,1H3. The lowest BCUT2D eigenvalue weighted by molar-refractivity contribution is 0.456. The fourth-order valence-electron chi connectivity index (χ4n) is 2.36. The quantitative estimate of drug-likeness (QED) is 0.846. The summed E-state index contributed by atoms with van der Waals surface area (Å²) in [6.07, 6.45) is 1.77. The Labute approximate surface area is 101 Å². The molecule has 1 fully saturated rings. The summed E-state index contributed by atoms with van der Waals surface area (Å²) in [5, 5.41) is 9.52. The van der Waals surface area contributed by atoms with E-state index in [2.05, 4.69) is 0 Å². The Balaban J connectivity index is 2.56. The Morgan fingerprint density at radius 1 is 1.33 bits per heavy atom. The largest absolute Gasteiger partial charge is 0.503 e. The number of hydrogen-bond donors (Lipinski definition) is 1. The molecule has 0 radical (unpaired) electrons. The molecule has 1 saturated carbocycles. The summed E-state index contributed by atoms with van der Waals surface area (Å²) in [5.41, 5.74) is -0.202. The van der Waals surface area contributed by atoms with E-state index in [1.807, 2.05) is 0 Å². The molecule has 1 aliphatic rings. The maximum atomic E-state index is 13.7. The van der Waals surface area contributed by atoms with Crippen molar-refractivity contribution < 1.29 is 13.9 Å². The smallest absolute Gasteiger partial charge is 0.234 e. The van der Waals surface area contributed by atoms with Crippen molar-refractivity contribution in [3.8, 4) is 5.75 Å². The first-order chi connectivity index (χ1) is 8.50. The molecular formula is C13H11F2NO2. The van der Waals surface area contributed by atoms with Crippen LogP contribution in [0.4, 0.5) is 8.78 Å². The number of aromatic nitrogens is 1. The normalized spacial score (nSPS) is 15.3. The first-order valence-corrected chi connectivity index (χ1v) is 5.73. The zero-order valence-electron chi connectivity index (χ0n) is 9.70. The second kappa shape index (κ2) is 3.54. The minimum Gasteiger partial charge on any atom is -0.503 e. The lowest BCUT2D eigenvalue weighted by Crippen LogP contribution is -2.14. The molecule has 3 rings (SSSR count). The van der Waals surface area contributed by atoms with Gasteiger partial charge < -0.3 is 9.67 Å². The van der Waals surface area contributed by atoms with Crippen molar-refractivity contribution in [3.63, 3.8) is 0 Å². The maximum absolute atomic E-state index is 13.7. The van der Waals surface area contributed by atoms with Crippen LogP contribution in [0, 0.1) is 18.6 Å². The van der Waals surface area contributed by atoms with Crippen LogP contribution in [-0.2, 0) is 0 Å². The van der Waals surface area contributed by atoms with Crippen LogP contribution in [0.1, 0.15) is 24.6 Å². The van der Waals surface area contributed by atoms with Crippen molar-refractivity contribution in [1.29, 1.82) is 0 Å². The van der Waals surface area contributed by atoms with E-state index in [0.29, 0.717) is 11.8 Å². The molecule has 1 N–H and O–H groups in total. The molecule has 0 amide bonds. The van der Waals surface area contributed by atoms with Gasteiger partial charge in [0.05, 0.1) is 16.6 Å². The topological polar surface area (TPSA) is 42.2 Å². The Bertz CT molecular complexity index is 717. The Hall–Kier alpha value is -1.91. The maximum Gasteiger partial charge on any atom is 0.234 e. The van der Waals surface area contributed by atoms with E-state index in [1.54, 1.807) is 11.5 Å². The highest BCUT2D eigenvalue weighted by atomic mass is 19.1. The van der Waals surface area contributed by atoms with Crippen LogP contribution in [0.5, 0.6) is 5.75 Å². The fourth-order valence-corrected chi connectivity index (χ4v) is 2.36. The first kappa shape index (κ1) is 11.2. The molecule has 18 heavy (non-hydrogen) atoms. The predicted molar refractivity (Wildman–Crippen MR) is 62.8 cm³/mol. The molecule has 1 aromatic carbocycles. The van der Waals surface area contributed by atoms with Crippen molar-refractivity contribution >= 4 is 10.9 Å². The van der Waals surface area contributed by atoms with Gasteiger partial charge in [-0.25, -0.2) is 8.78 Å². The molecule has 0 aliphatic heterocycles. The van der Waals surface area contributed by atoms with Crippen LogP contribution in [0.25, 0.3) is 10.9 Å². The summed E-state index contributed by atoms with van der Waals surface area (Å²) in [7, 11) is 0. The van der Waals surface area contributed by atoms with E-state index >= 15 is 0 Å². The number of halogens is 2. The number of pyridine rings is 1. The van der Waals surface area contributed by atoms with Crippen molar-refractivity contribution in [1.82, 2.24) is 4.57 Å². The number of aromatic hydroxyl groups is 1. The molecular weight excluding hydrogens is 240 g/mol. The fraction of sp³-hybridized carbons (Fsp3) is 0.308. The van der Waals surface area contributed by atoms with Crippen LogP contribution in [0.15, 0.2) is 16.9 Å². The van der Waals surface area contributed by atoms with E-state index in [9.17, 15) is 18.7 Å². The summed E-state index contributed by atoms with van der Waals surface area (Å²) in [6.45, 7) is 1.58. The molecule has 1 heterocycles. The molecule has 0 spiro atoms. The molecule has 0 bridgehead atoms. The third-order valence-electron chi connectivity index (χ3n) is 3.35. The van der Waals surface area contributed by atoms with Crippen LogP contribution < -0.4 is 5.43 Å². The first-order valence-electron chi connectivity index (χ1n) is 5.73. The van der Waals surface area contributed by atoms with Crippen LogP contribution in [0.3, 0.4) is 0 Å². The zero-order valence-corrected chi connectivity index (χ0v) is 9.70. The summed E-state index contributed by atoms with van der Waals surface area (Å²) in [6, 6.07) is 1.92. The van der Waals surface area contributed by atoms with Gasteiger partial charge in [0.25, 0.3) is 0 Å². The summed E-state index contributed by atoms with van der Waals surface area (Å²) < 4.78 is 28.7.